The second-order valence-electron chi connectivity index (χ2n) is 6.35. The summed E-state index contributed by atoms with van der Waals surface area (Å²) in [4.78, 5) is 2.09. The highest BCUT2D eigenvalue weighted by Gasteiger charge is 2.17. The summed E-state index contributed by atoms with van der Waals surface area (Å²) in [5.41, 5.74) is 1.76. The van der Waals surface area contributed by atoms with E-state index in [1.54, 1.807) is 6.07 Å². The SMILES string of the molecule is CCCNCc1ccc(N(C)CC2CCCCC2)c(F)c1. The summed E-state index contributed by atoms with van der Waals surface area (Å²) in [6.07, 6.45) is 7.74. The van der Waals surface area contributed by atoms with E-state index in [-0.39, 0.29) is 5.82 Å². The first-order valence-corrected chi connectivity index (χ1v) is 8.41. The lowest BCUT2D eigenvalue weighted by molar-refractivity contribution is 0.361. The van der Waals surface area contributed by atoms with Gasteiger partial charge in [-0.05, 0) is 49.4 Å². The Bertz CT molecular complexity index is 427. The highest BCUT2D eigenvalue weighted by molar-refractivity contribution is 5.48. The van der Waals surface area contributed by atoms with Gasteiger partial charge in [-0.2, -0.15) is 0 Å². The largest absolute Gasteiger partial charge is 0.372 e. The van der Waals surface area contributed by atoms with Crippen LogP contribution in [-0.4, -0.2) is 20.1 Å². The summed E-state index contributed by atoms with van der Waals surface area (Å²) in [7, 11) is 2.02. The Hall–Kier alpha value is -1.09. The van der Waals surface area contributed by atoms with Crippen LogP contribution in [0.1, 0.15) is 51.0 Å². The number of nitrogens with zero attached hydrogens (tertiary/aromatic N) is 1. The average molecular weight is 292 g/mol. The van der Waals surface area contributed by atoms with E-state index in [2.05, 4.69) is 17.1 Å². The summed E-state index contributed by atoms with van der Waals surface area (Å²) >= 11 is 0. The van der Waals surface area contributed by atoms with Crippen LogP contribution in [0.25, 0.3) is 0 Å². The van der Waals surface area contributed by atoms with E-state index in [1.807, 2.05) is 19.2 Å². The molecule has 1 saturated carbocycles. The molecule has 1 N–H and O–H groups in total. The van der Waals surface area contributed by atoms with Crippen molar-refractivity contribution in [3.05, 3.63) is 29.6 Å². The quantitative estimate of drug-likeness (QED) is 0.752. The molecule has 2 nitrogen and oxygen atoms in total. The standard InChI is InChI=1S/C18H29FN2/c1-3-11-20-13-16-9-10-18(17(19)12-16)21(2)14-15-7-5-4-6-8-15/h9-10,12,15,20H,3-8,11,13-14H2,1-2H3. The van der Waals surface area contributed by atoms with E-state index in [0.717, 1.165) is 43.2 Å². The molecule has 1 fully saturated rings. The molecule has 2 rings (SSSR count). The van der Waals surface area contributed by atoms with Gasteiger partial charge >= 0.3 is 0 Å². The zero-order valence-corrected chi connectivity index (χ0v) is 13.5. The molecule has 0 amide bonds. The Morgan fingerprint density at radius 1 is 1.24 bits per heavy atom. The first-order chi connectivity index (χ1) is 10.2. The van der Waals surface area contributed by atoms with Gasteiger partial charge in [0.1, 0.15) is 5.82 Å². The molecule has 0 saturated heterocycles. The van der Waals surface area contributed by atoms with Crippen LogP contribution < -0.4 is 10.2 Å². The van der Waals surface area contributed by atoms with Crippen molar-refractivity contribution in [3.8, 4) is 0 Å². The van der Waals surface area contributed by atoms with Crippen molar-refractivity contribution in [2.45, 2.75) is 52.0 Å². The van der Waals surface area contributed by atoms with Crippen LogP contribution >= 0.6 is 0 Å². The Morgan fingerprint density at radius 3 is 2.67 bits per heavy atom. The summed E-state index contributed by atoms with van der Waals surface area (Å²) in [5.74, 6) is 0.637. The molecule has 1 aromatic rings. The number of halogens is 1. The summed E-state index contributed by atoms with van der Waals surface area (Å²) in [6.45, 7) is 4.84. The van der Waals surface area contributed by atoms with Gasteiger partial charge in [0.2, 0.25) is 0 Å². The maximum absolute atomic E-state index is 14.3. The Balaban J connectivity index is 1.92. The molecule has 1 aromatic carbocycles. The van der Waals surface area contributed by atoms with Crippen molar-refractivity contribution < 1.29 is 4.39 Å². The molecule has 3 heteroatoms. The fourth-order valence-electron chi connectivity index (χ4n) is 3.23. The number of nitrogens with one attached hydrogen (secondary N) is 1. The van der Waals surface area contributed by atoms with E-state index in [1.165, 1.54) is 32.1 Å². The number of hydrogen-bond acceptors (Lipinski definition) is 2. The fraction of sp³-hybridized carbons (Fsp3) is 0.667. The van der Waals surface area contributed by atoms with Crippen LogP contribution in [0.5, 0.6) is 0 Å². The molecule has 118 valence electrons. The van der Waals surface area contributed by atoms with Gasteiger partial charge < -0.3 is 10.2 Å². The lowest BCUT2D eigenvalue weighted by Crippen LogP contribution is -2.27. The van der Waals surface area contributed by atoms with Crippen molar-refractivity contribution >= 4 is 5.69 Å². The normalized spacial score (nSPS) is 16.1. The molecular formula is C18H29FN2. The summed E-state index contributed by atoms with van der Waals surface area (Å²) in [6, 6.07) is 5.65. The third kappa shape index (κ3) is 4.99. The van der Waals surface area contributed by atoms with E-state index in [9.17, 15) is 4.39 Å². The first-order valence-electron chi connectivity index (χ1n) is 8.41. The second kappa shape index (κ2) is 8.38. The van der Waals surface area contributed by atoms with Gasteiger partial charge in [0.25, 0.3) is 0 Å². The van der Waals surface area contributed by atoms with Gasteiger partial charge in [0.15, 0.2) is 0 Å². The third-order valence-electron chi connectivity index (χ3n) is 4.44. The predicted molar refractivity (Wildman–Crippen MR) is 88.2 cm³/mol. The van der Waals surface area contributed by atoms with E-state index in [4.69, 9.17) is 0 Å². The van der Waals surface area contributed by atoms with Crippen molar-refractivity contribution in [1.29, 1.82) is 0 Å². The molecule has 0 aliphatic heterocycles. The molecule has 0 radical (unpaired) electrons. The van der Waals surface area contributed by atoms with E-state index in [0.29, 0.717) is 0 Å². The number of rotatable bonds is 7. The van der Waals surface area contributed by atoms with Gasteiger partial charge in [0.05, 0.1) is 5.69 Å². The fourth-order valence-corrected chi connectivity index (χ4v) is 3.23. The van der Waals surface area contributed by atoms with Crippen molar-refractivity contribution in [1.82, 2.24) is 5.32 Å². The minimum Gasteiger partial charge on any atom is -0.372 e. The van der Waals surface area contributed by atoms with E-state index >= 15 is 0 Å². The van der Waals surface area contributed by atoms with Crippen molar-refractivity contribution in [2.75, 3.05) is 25.0 Å². The van der Waals surface area contributed by atoms with Crippen LogP contribution in [0.15, 0.2) is 18.2 Å². The maximum atomic E-state index is 14.3. The summed E-state index contributed by atoms with van der Waals surface area (Å²) in [5, 5.41) is 3.31. The summed E-state index contributed by atoms with van der Waals surface area (Å²) < 4.78 is 14.3. The molecule has 1 aliphatic carbocycles. The Kier molecular flexibility index (Phi) is 6.50. The van der Waals surface area contributed by atoms with Crippen LogP contribution in [0.2, 0.25) is 0 Å². The van der Waals surface area contributed by atoms with Crippen molar-refractivity contribution in [2.24, 2.45) is 5.92 Å². The molecule has 0 heterocycles. The lowest BCUT2D eigenvalue weighted by Gasteiger charge is -2.28. The Morgan fingerprint density at radius 2 is 2.00 bits per heavy atom. The maximum Gasteiger partial charge on any atom is 0.146 e. The smallest absolute Gasteiger partial charge is 0.146 e. The second-order valence-corrected chi connectivity index (χ2v) is 6.35. The highest BCUT2D eigenvalue weighted by atomic mass is 19.1. The molecular weight excluding hydrogens is 263 g/mol. The first kappa shape index (κ1) is 16.3. The minimum atomic E-state index is -0.0934. The third-order valence-corrected chi connectivity index (χ3v) is 4.44. The minimum absolute atomic E-state index is 0.0934. The monoisotopic (exact) mass is 292 g/mol. The molecule has 0 aromatic heterocycles. The van der Waals surface area contributed by atoms with Gasteiger partial charge in [-0.1, -0.05) is 32.3 Å². The van der Waals surface area contributed by atoms with Crippen LogP contribution in [0.3, 0.4) is 0 Å². The molecule has 0 bridgehead atoms. The molecule has 21 heavy (non-hydrogen) atoms. The average Bonchev–Trinajstić information content (AvgIpc) is 2.48. The number of benzene rings is 1. The topological polar surface area (TPSA) is 15.3 Å². The van der Waals surface area contributed by atoms with Gasteiger partial charge in [-0.25, -0.2) is 4.39 Å². The molecule has 0 unspecified atom stereocenters. The van der Waals surface area contributed by atoms with Gasteiger partial charge in [-0.3, -0.25) is 0 Å². The van der Waals surface area contributed by atoms with Crippen LogP contribution in [0, 0.1) is 11.7 Å². The zero-order valence-electron chi connectivity index (χ0n) is 13.5. The molecule has 0 spiro atoms. The van der Waals surface area contributed by atoms with E-state index < -0.39 is 0 Å². The van der Waals surface area contributed by atoms with Crippen LogP contribution in [-0.2, 0) is 6.54 Å². The van der Waals surface area contributed by atoms with Crippen molar-refractivity contribution in [3.63, 3.8) is 0 Å². The predicted octanol–water partition coefficient (Wildman–Crippen LogP) is 4.34. The molecule has 1 aliphatic rings. The zero-order chi connectivity index (χ0) is 15.1. The van der Waals surface area contributed by atoms with Gasteiger partial charge in [0, 0.05) is 20.1 Å². The highest BCUT2D eigenvalue weighted by Crippen LogP contribution is 2.27. The van der Waals surface area contributed by atoms with Gasteiger partial charge in [-0.15, -0.1) is 0 Å². The Labute approximate surface area is 128 Å². The lowest BCUT2D eigenvalue weighted by atomic mass is 9.89. The number of hydrogen-bond donors (Lipinski definition) is 1. The number of anilines is 1. The van der Waals surface area contributed by atoms with Crippen LogP contribution in [0.4, 0.5) is 10.1 Å². The molecule has 0 atom stereocenters.